The van der Waals surface area contributed by atoms with Crippen LogP contribution in [0.25, 0.3) is 10.9 Å². The van der Waals surface area contributed by atoms with E-state index in [0.717, 1.165) is 16.5 Å². The number of amidine groups is 1. The van der Waals surface area contributed by atoms with Crippen molar-refractivity contribution in [2.24, 2.45) is 0 Å². The van der Waals surface area contributed by atoms with E-state index in [1.807, 2.05) is 37.4 Å². The molecule has 0 radical (unpaired) electrons. The van der Waals surface area contributed by atoms with Gasteiger partial charge in [-0.15, -0.1) is 0 Å². The standard InChI is InChI=1S/C20H25F3N6OS/c1-12(9-13-10-26-15-6-4-3-5-14(13)15)27-18(30)17(24)31-19(25)29-8-7-28(2)16(11-29)20(21,22)23/h3-6,10,12,16,24-26H,7-9,11H2,1-2H3,(H,27,30)/p+1. The van der Waals surface area contributed by atoms with Crippen molar-refractivity contribution in [3.8, 4) is 0 Å². The van der Waals surface area contributed by atoms with Gasteiger partial charge in [-0.05, 0) is 32.0 Å². The molecule has 2 aromatic rings. The highest BCUT2D eigenvalue weighted by Crippen LogP contribution is 2.28. The molecule has 1 amide bonds. The van der Waals surface area contributed by atoms with Crippen molar-refractivity contribution in [3.63, 3.8) is 0 Å². The van der Waals surface area contributed by atoms with Crippen molar-refractivity contribution >= 4 is 38.8 Å². The molecule has 1 fully saturated rings. The summed E-state index contributed by atoms with van der Waals surface area (Å²) in [7, 11) is 1.41. The Bertz CT molecular complexity index is 975. The number of fused-ring (bicyclic) bond motifs is 1. The van der Waals surface area contributed by atoms with Crippen molar-refractivity contribution < 1.29 is 23.4 Å². The molecule has 1 aromatic carbocycles. The fourth-order valence-electron chi connectivity index (χ4n) is 3.60. The van der Waals surface area contributed by atoms with Crippen molar-refractivity contribution in [3.05, 3.63) is 36.0 Å². The van der Waals surface area contributed by atoms with Crippen LogP contribution in [0.15, 0.2) is 30.5 Å². The van der Waals surface area contributed by atoms with Gasteiger partial charge in [0.25, 0.3) is 0 Å². The molecule has 0 aliphatic carbocycles. The molecule has 31 heavy (non-hydrogen) atoms. The van der Waals surface area contributed by atoms with E-state index >= 15 is 0 Å². The van der Waals surface area contributed by atoms with Gasteiger partial charge in [0.05, 0.1) is 0 Å². The van der Waals surface area contributed by atoms with Crippen LogP contribution in [0.1, 0.15) is 12.5 Å². The third-order valence-electron chi connectivity index (χ3n) is 5.32. The average Bonchev–Trinajstić information content (AvgIpc) is 3.10. The van der Waals surface area contributed by atoms with Crippen molar-refractivity contribution in [1.29, 1.82) is 5.41 Å². The smallest absolute Gasteiger partial charge is 0.361 e. The maximum atomic E-state index is 13.2. The number of piperazine rings is 1. The second-order valence-corrected chi connectivity index (χ2v) is 8.72. The molecule has 1 saturated heterocycles. The van der Waals surface area contributed by atoms with Gasteiger partial charge in [0.1, 0.15) is 6.04 Å². The van der Waals surface area contributed by atoms with Crippen LogP contribution in [0, 0.1) is 5.41 Å². The summed E-state index contributed by atoms with van der Waals surface area (Å²) in [5.41, 5.74) is 2.06. The van der Waals surface area contributed by atoms with E-state index in [1.54, 1.807) is 0 Å². The molecule has 1 aliphatic rings. The molecule has 1 aliphatic heterocycles. The van der Waals surface area contributed by atoms with Crippen LogP contribution in [-0.4, -0.2) is 75.8 Å². The zero-order valence-electron chi connectivity index (χ0n) is 17.3. The summed E-state index contributed by atoms with van der Waals surface area (Å²) >= 11 is 0.680. The number of carbonyl (C=O) groups excluding carboxylic acids is 1. The monoisotopic (exact) mass is 455 g/mol. The molecular formula is C20H26F3N6OS+. The van der Waals surface area contributed by atoms with Crippen molar-refractivity contribution in [1.82, 2.24) is 20.1 Å². The van der Waals surface area contributed by atoms with Gasteiger partial charge in [-0.1, -0.05) is 18.2 Å². The van der Waals surface area contributed by atoms with E-state index < -0.39 is 18.1 Å². The number of nitrogens with one attached hydrogen (secondary N) is 3. The number of aromatic amines is 1. The maximum absolute atomic E-state index is 13.2. The lowest BCUT2D eigenvalue weighted by molar-refractivity contribution is -0.189. The number of hydrogen-bond donors (Lipinski definition) is 4. The molecule has 0 bridgehead atoms. The average molecular weight is 456 g/mol. The summed E-state index contributed by atoms with van der Waals surface area (Å²) in [6.45, 7) is 1.91. The Kier molecular flexibility index (Phi) is 6.95. The predicted molar refractivity (Wildman–Crippen MR) is 116 cm³/mol. The highest BCUT2D eigenvalue weighted by atomic mass is 32.2. The lowest BCUT2D eigenvalue weighted by atomic mass is 10.1. The van der Waals surface area contributed by atoms with Crippen LogP contribution in [0.3, 0.4) is 0 Å². The number of likely N-dealkylation sites (N-methyl/N-ethyl adjacent to an activating group) is 1. The lowest BCUT2D eigenvalue weighted by Crippen LogP contribution is -2.59. The molecule has 2 heterocycles. The Labute approximate surface area is 182 Å². The SMILES string of the molecule is CC(Cc1c[nH]c2ccccc12)NC(=O)C(=[NH2+])SC(=N)N1CCN(C)C(C(F)(F)F)C1. The highest BCUT2D eigenvalue weighted by molar-refractivity contribution is 8.27. The number of amides is 1. The fourth-order valence-corrected chi connectivity index (χ4v) is 4.26. The number of nitrogens with two attached hydrogens (primary N) is 1. The molecule has 2 atom stereocenters. The first-order valence-corrected chi connectivity index (χ1v) is 10.6. The van der Waals surface area contributed by atoms with E-state index in [-0.39, 0.29) is 35.9 Å². The van der Waals surface area contributed by atoms with Crippen molar-refractivity contribution in [2.45, 2.75) is 31.6 Å². The molecule has 0 saturated carbocycles. The zero-order valence-corrected chi connectivity index (χ0v) is 18.1. The number of para-hydroxylation sites is 1. The lowest BCUT2D eigenvalue weighted by Gasteiger charge is -2.40. The Morgan fingerprint density at radius 1 is 1.39 bits per heavy atom. The number of halogens is 3. The normalized spacial score (nSPS) is 18.7. The Hall–Kier alpha value is -2.53. The number of H-pyrrole nitrogens is 1. The summed E-state index contributed by atoms with van der Waals surface area (Å²) in [5, 5.41) is 17.5. The number of aromatic nitrogens is 1. The molecule has 0 spiro atoms. The molecule has 2 unspecified atom stereocenters. The molecule has 11 heteroatoms. The summed E-state index contributed by atoms with van der Waals surface area (Å²) in [6.07, 6.45) is -1.91. The Balaban J connectivity index is 1.53. The van der Waals surface area contributed by atoms with Gasteiger partial charge in [-0.2, -0.15) is 13.2 Å². The van der Waals surface area contributed by atoms with Crippen LogP contribution < -0.4 is 10.7 Å². The van der Waals surface area contributed by atoms with Crippen LogP contribution in [0.4, 0.5) is 13.2 Å². The minimum atomic E-state index is -4.39. The Morgan fingerprint density at radius 3 is 2.81 bits per heavy atom. The second-order valence-electron chi connectivity index (χ2n) is 7.69. The molecule has 168 valence electrons. The number of thioether (sulfide) groups is 1. The summed E-state index contributed by atoms with van der Waals surface area (Å²) in [4.78, 5) is 18.1. The minimum Gasteiger partial charge on any atom is -0.361 e. The third-order valence-corrected chi connectivity index (χ3v) is 6.18. The van der Waals surface area contributed by atoms with Gasteiger partial charge in [-0.25, -0.2) is 5.41 Å². The van der Waals surface area contributed by atoms with Gasteiger partial charge >= 0.3 is 17.1 Å². The first-order chi connectivity index (χ1) is 14.6. The number of alkyl halides is 3. The van der Waals surface area contributed by atoms with Crippen LogP contribution in [0.2, 0.25) is 0 Å². The van der Waals surface area contributed by atoms with Gasteiger partial charge < -0.3 is 15.2 Å². The van der Waals surface area contributed by atoms with E-state index in [0.29, 0.717) is 18.2 Å². The summed E-state index contributed by atoms with van der Waals surface area (Å²) < 4.78 is 39.5. The van der Waals surface area contributed by atoms with Crippen LogP contribution in [-0.2, 0) is 11.2 Å². The van der Waals surface area contributed by atoms with E-state index in [9.17, 15) is 18.0 Å². The van der Waals surface area contributed by atoms with E-state index in [4.69, 9.17) is 10.8 Å². The largest absolute Gasteiger partial charge is 0.405 e. The highest BCUT2D eigenvalue weighted by Gasteiger charge is 2.45. The van der Waals surface area contributed by atoms with Gasteiger partial charge in [0, 0.05) is 54.5 Å². The van der Waals surface area contributed by atoms with Crippen molar-refractivity contribution in [2.75, 3.05) is 26.7 Å². The summed E-state index contributed by atoms with van der Waals surface area (Å²) in [5.74, 6) is -0.538. The summed E-state index contributed by atoms with van der Waals surface area (Å²) in [6, 6.07) is 5.97. The molecule has 5 N–H and O–H groups in total. The predicted octanol–water partition coefficient (Wildman–Crippen LogP) is 1.22. The quantitative estimate of drug-likeness (QED) is 0.413. The van der Waals surface area contributed by atoms with E-state index in [1.165, 1.54) is 16.8 Å². The number of hydrogen-bond acceptors (Lipinski definition) is 4. The number of nitrogens with zero attached hydrogens (tertiary/aromatic N) is 2. The topological polar surface area (TPSA) is 101 Å². The van der Waals surface area contributed by atoms with Crippen LogP contribution >= 0.6 is 11.8 Å². The van der Waals surface area contributed by atoms with E-state index in [2.05, 4.69) is 10.3 Å². The molecule has 3 rings (SSSR count). The number of rotatable bonds is 3. The molecular weight excluding hydrogens is 429 g/mol. The first-order valence-electron chi connectivity index (χ1n) is 9.83. The second kappa shape index (κ2) is 9.31. The van der Waals surface area contributed by atoms with Gasteiger partial charge in [0.15, 0.2) is 5.17 Å². The minimum absolute atomic E-state index is 0.167. The van der Waals surface area contributed by atoms with Gasteiger partial charge in [0.2, 0.25) is 0 Å². The first kappa shape index (κ1) is 23.1. The maximum Gasteiger partial charge on any atom is 0.405 e. The zero-order chi connectivity index (χ0) is 22.8. The number of carbonyl (C=O) groups is 1. The third kappa shape index (κ3) is 5.59. The Morgan fingerprint density at radius 2 is 2.10 bits per heavy atom. The van der Waals surface area contributed by atoms with Gasteiger partial charge in [-0.3, -0.25) is 15.1 Å². The molecule has 1 aromatic heterocycles. The van der Waals surface area contributed by atoms with Crippen LogP contribution in [0.5, 0.6) is 0 Å². The fraction of sp³-hybridized carbons (Fsp3) is 0.450. The molecule has 7 nitrogen and oxygen atoms in total. The number of benzene rings is 1.